The van der Waals surface area contributed by atoms with E-state index in [0.717, 1.165) is 58.0 Å². The second-order valence-electron chi connectivity index (χ2n) is 7.46. The smallest absolute Gasteiger partial charge is 0.236 e. The number of nitrogens with one attached hydrogen (secondary N) is 1. The van der Waals surface area contributed by atoms with Crippen molar-refractivity contribution in [2.75, 3.05) is 52.4 Å². The molecule has 3 fully saturated rings. The molecule has 0 bridgehead atoms. The van der Waals surface area contributed by atoms with E-state index in [-0.39, 0.29) is 11.8 Å². The van der Waals surface area contributed by atoms with Crippen LogP contribution in [0, 0.1) is 5.92 Å². The number of hydrogen-bond donors (Lipinski definition) is 1. The molecule has 1 aliphatic carbocycles. The second kappa shape index (κ2) is 7.62. The maximum Gasteiger partial charge on any atom is 0.236 e. The Labute approximate surface area is 139 Å². The number of hydrogen-bond acceptors (Lipinski definition) is 4. The minimum atomic E-state index is 0.134. The summed E-state index contributed by atoms with van der Waals surface area (Å²) in [6.07, 6.45) is 4.67. The molecule has 0 radical (unpaired) electrons. The monoisotopic (exact) mass is 322 g/mol. The van der Waals surface area contributed by atoms with E-state index in [4.69, 9.17) is 0 Å². The third kappa shape index (κ3) is 5.18. The fraction of sp³-hybridized carbons (Fsp3) is 0.882. The summed E-state index contributed by atoms with van der Waals surface area (Å²) in [7, 11) is 0. The quantitative estimate of drug-likeness (QED) is 0.782. The van der Waals surface area contributed by atoms with Crippen LogP contribution in [0.2, 0.25) is 0 Å². The molecule has 0 aromatic heterocycles. The van der Waals surface area contributed by atoms with Crippen molar-refractivity contribution >= 4 is 11.8 Å². The lowest BCUT2D eigenvalue weighted by Crippen LogP contribution is -2.53. The van der Waals surface area contributed by atoms with Gasteiger partial charge in [0.2, 0.25) is 11.8 Å². The Morgan fingerprint density at radius 2 is 1.48 bits per heavy atom. The number of piperidine rings is 1. The highest BCUT2D eigenvalue weighted by atomic mass is 16.2. The Morgan fingerprint density at radius 3 is 2.09 bits per heavy atom. The molecule has 6 nitrogen and oxygen atoms in total. The van der Waals surface area contributed by atoms with Gasteiger partial charge in [-0.2, -0.15) is 0 Å². The summed E-state index contributed by atoms with van der Waals surface area (Å²) >= 11 is 0. The zero-order chi connectivity index (χ0) is 16.2. The molecule has 2 amide bonds. The van der Waals surface area contributed by atoms with Gasteiger partial charge in [0.25, 0.3) is 0 Å². The van der Waals surface area contributed by atoms with Crippen molar-refractivity contribution in [2.45, 2.75) is 38.6 Å². The Morgan fingerprint density at radius 1 is 0.870 bits per heavy atom. The van der Waals surface area contributed by atoms with Crippen molar-refractivity contribution in [1.29, 1.82) is 0 Å². The fourth-order valence-electron chi connectivity index (χ4n) is 3.37. The second-order valence-corrected chi connectivity index (χ2v) is 7.46. The molecule has 0 atom stereocenters. The molecule has 1 saturated carbocycles. The third-order valence-corrected chi connectivity index (χ3v) is 5.27. The number of carbonyl (C=O) groups is 2. The molecule has 23 heavy (non-hydrogen) atoms. The van der Waals surface area contributed by atoms with E-state index in [2.05, 4.69) is 22.0 Å². The minimum Gasteiger partial charge on any atom is -0.352 e. The predicted octanol–water partition coefficient (Wildman–Crippen LogP) is 0.141. The first-order valence-corrected chi connectivity index (χ1v) is 9.12. The highest BCUT2D eigenvalue weighted by molar-refractivity contribution is 5.79. The summed E-state index contributed by atoms with van der Waals surface area (Å²) < 4.78 is 0. The van der Waals surface area contributed by atoms with E-state index in [1.807, 2.05) is 4.90 Å². The average Bonchev–Trinajstić information content (AvgIpc) is 3.34. The zero-order valence-corrected chi connectivity index (χ0v) is 14.3. The van der Waals surface area contributed by atoms with E-state index in [1.54, 1.807) is 0 Å². The van der Waals surface area contributed by atoms with Crippen molar-refractivity contribution in [3.8, 4) is 0 Å². The lowest BCUT2D eigenvalue weighted by molar-refractivity contribution is -0.134. The average molecular weight is 322 g/mol. The van der Waals surface area contributed by atoms with Crippen LogP contribution in [0.15, 0.2) is 0 Å². The van der Waals surface area contributed by atoms with Crippen LogP contribution in [0.1, 0.15) is 32.6 Å². The normalized spacial score (nSPS) is 24.7. The van der Waals surface area contributed by atoms with E-state index in [1.165, 1.54) is 12.8 Å². The van der Waals surface area contributed by atoms with Crippen molar-refractivity contribution in [3.05, 3.63) is 0 Å². The topological polar surface area (TPSA) is 55.9 Å². The van der Waals surface area contributed by atoms with Gasteiger partial charge in [0.15, 0.2) is 0 Å². The molecular weight excluding hydrogens is 292 g/mol. The highest BCUT2D eigenvalue weighted by Crippen LogP contribution is 2.18. The first-order chi connectivity index (χ1) is 11.1. The minimum absolute atomic E-state index is 0.134. The first kappa shape index (κ1) is 16.7. The molecule has 6 heteroatoms. The molecule has 2 heterocycles. The summed E-state index contributed by atoms with van der Waals surface area (Å²) in [5, 5.41) is 3.03. The number of amides is 2. The van der Waals surface area contributed by atoms with Crippen LogP contribution in [0.4, 0.5) is 0 Å². The van der Waals surface area contributed by atoms with Crippen LogP contribution in [-0.2, 0) is 9.59 Å². The lowest BCUT2D eigenvalue weighted by atomic mass is 9.99. The molecule has 0 spiro atoms. The van der Waals surface area contributed by atoms with Gasteiger partial charge in [-0.3, -0.25) is 19.4 Å². The Bertz CT molecular complexity index is 422. The fourth-order valence-corrected chi connectivity index (χ4v) is 3.37. The van der Waals surface area contributed by atoms with Crippen molar-refractivity contribution < 1.29 is 9.59 Å². The van der Waals surface area contributed by atoms with Gasteiger partial charge < -0.3 is 10.2 Å². The van der Waals surface area contributed by atoms with Gasteiger partial charge in [0, 0.05) is 32.2 Å². The molecule has 3 rings (SSSR count). The summed E-state index contributed by atoms with van der Waals surface area (Å²) in [6, 6.07) is 0.428. The number of rotatable bonds is 5. The van der Waals surface area contributed by atoms with E-state index in [0.29, 0.717) is 19.1 Å². The van der Waals surface area contributed by atoms with E-state index >= 15 is 0 Å². The van der Waals surface area contributed by atoms with Crippen LogP contribution in [0.25, 0.3) is 0 Å². The van der Waals surface area contributed by atoms with Crippen LogP contribution in [0.5, 0.6) is 0 Å². The van der Waals surface area contributed by atoms with Crippen molar-refractivity contribution in [1.82, 2.24) is 20.0 Å². The molecule has 130 valence electrons. The standard InChI is InChI=1S/C17H30N4O2/c1-14-4-6-19(7-5-14)13-17(23)21-10-8-20(9-11-21)12-16(22)18-15-2-3-15/h14-15H,2-13H2,1H3,(H,18,22). The summed E-state index contributed by atoms with van der Waals surface area (Å²) in [4.78, 5) is 30.7. The number of nitrogens with zero attached hydrogens (tertiary/aromatic N) is 3. The van der Waals surface area contributed by atoms with Crippen LogP contribution in [-0.4, -0.2) is 84.9 Å². The van der Waals surface area contributed by atoms with Gasteiger partial charge >= 0.3 is 0 Å². The van der Waals surface area contributed by atoms with Crippen molar-refractivity contribution in [3.63, 3.8) is 0 Å². The van der Waals surface area contributed by atoms with Crippen molar-refractivity contribution in [2.24, 2.45) is 5.92 Å². The summed E-state index contributed by atoms with van der Waals surface area (Å²) in [5.74, 6) is 1.18. The molecule has 2 aliphatic heterocycles. The molecule has 3 aliphatic rings. The van der Waals surface area contributed by atoms with E-state index < -0.39 is 0 Å². The summed E-state index contributed by atoms with van der Waals surface area (Å²) in [5.41, 5.74) is 0. The molecule has 0 unspecified atom stereocenters. The van der Waals surface area contributed by atoms with Crippen LogP contribution in [0.3, 0.4) is 0 Å². The van der Waals surface area contributed by atoms with Gasteiger partial charge in [-0.05, 0) is 44.7 Å². The largest absolute Gasteiger partial charge is 0.352 e. The maximum absolute atomic E-state index is 12.4. The Kier molecular flexibility index (Phi) is 5.54. The first-order valence-electron chi connectivity index (χ1n) is 9.12. The predicted molar refractivity (Wildman–Crippen MR) is 89.0 cm³/mol. The van der Waals surface area contributed by atoms with Gasteiger partial charge in [-0.15, -0.1) is 0 Å². The molecule has 2 saturated heterocycles. The van der Waals surface area contributed by atoms with E-state index in [9.17, 15) is 9.59 Å². The van der Waals surface area contributed by atoms with Crippen LogP contribution < -0.4 is 5.32 Å². The Balaban J connectivity index is 1.34. The molecule has 0 aromatic rings. The van der Waals surface area contributed by atoms with Gasteiger partial charge in [-0.25, -0.2) is 0 Å². The number of carbonyl (C=O) groups excluding carboxylic acids is 2. The Hall–Kier alpha value is -1.14. The highest BCUT2D eigenvalue weighted by Gasteiger charge is 2.27. The third-order valence-electron chi connectivity index (χ3n) is 5.27. The zero-order valence-electron chi connectivity index (χ0n) is 14.3. The molecule has 0 aromatic carbocycles. The van der Waals surface area contributed by atoms with Crippen LogP contribution >= 0.6 is 0 Å². The SMILES string of the molecule is CC1CCN(CC(=O)N2CCN(CC(=O)NC3CC3)CC2)CC1. The number of piperazine rings is 1. The van der Waals surface area contributed by atoms with Gasteiger partial charge in [0.05, 0.1) is 13.1 Å². The lowest BCUT2D eigenvalue weighted by Gasteiger charge is -2.36. The summed E-state index contributed by atoms with van der Waals surface area (Å²) in [6.45, 7) is 8.54. The molecule has 1 N–H and O–H groups in total. The maximum atomic E-state index is 12.4. The molecular formula is C17H30N4O2. The van der Waals surface area contributed by atoms with Gasteiger partial charge in [-0.1, -0.05) is 6.92 Å². The van der Waals surface area contributed by atoms with Gasteiger partial charge in [0.1, 0.15) is 0 Å². The number of likely N-dealkylation sites (tertiary alicyclic amines) is 1.